The van der Waals surface area contributed by atoms with Crippen LogP contribution < -0.4 is 0 Å². The zero-order valence-corrected chi connectivity index (χ0v) is 9.86. The molecule has 0 bridgehead atoms. The number of carbonyl (C=O) groups is 1. The molecule has 0 spiro atoms. The number of aldehydes is 1. The van der Waals surface area contributed by atoms with Crippen LogP contribution in [0.3, 0.4) is 0 Å². The van der Waals surface area contributed by atoms with Gasteiger partial charge in [0.1, 0.15) is 12.1 Å². The van der Waals surface area contributed by atoms with Crippen molar-refractivity contribution in [2.45, 2.75) is 17.0 Å². The number of aryl methyl sites for hydroxylation is 1. The zero-order valence-electron chi connectivity index (χ0n) is 9.04. The molecule has 16 heavy (non-hydrogen) atoms. The van der Waals surface area contributed by atoms with Crippen LogP contribution in [0.15, 0.2) is 34.3 Å². The Morgan fingerprint density at radius 2 is 1.94 bits per heavy atom. The second kappa shape index (κ2) is 4.49. The van der Waals surface area contributed by atoms with Gasteiger partial charge in [-0.05, 0) is 30.8 Å². The van der Waals surface area contributed by atoms with E-state index in [9.17, 15) is 4.79 Å². The molecule has 2 rings (SSSR count). The minimum absolute atomic E-state index is 0.679. The van der Waals surface area contributed by atoms with E-state index in [4.69, 9.17) is 0 Å². The average Bonchev–Trinajstić information content (AvgIpc) is 2.62. The van der Waals surface area contributed by atoms with E-state index in [1.54, 1.807) is 12.1 Å². The van der Waals surface area contributed by atoms with Crippen LogP contribution in [0.4, 0.5) is 0 Å². The topological polar surface area (TPSA) is 47.8 Å². The molecular formula is C11H11N3OS. The third kappa shape index (κ3) is 2.14. The molecule has 0 N–H and O–H groups in total. The highest BCUT2D eigenvalue weighted by molar-refractivity contribution is 7.99. The van der Waals surface area contributed by atoms with Crippen LogP contribution >= 0.6 is 11.8 Å². The Labute approximate surface area is 97.7 Å². The third-order valence-electron chi connectivity index (χ3n) is 2.28. The van der Waals surface area contributed by atoms with Crippen molar-refractivity contribution in [3.8, 4) is 0 Å². The van der Waals surface area contributed by atoms with Crippen molar-refractivity contribution in [2.75, 3.05) is 0 Å². The summed E-state index contributed by atoms with van der Waals surface area (Å²) in [4.78, 5) is 11.5. The number of hydrogen-bond donors (Lipinski definition) is 0. The standard InChI is InChI=1S/C11H11N3OS/c1-8-12-13-11(14(8)2)16-10-5-3-9(7-15)4-6-10/h3-7H,1-2H3. The Balaban J connectivity index is 2.20. The molecular weight excluding hydrogens is 222 g/mol. The van der Waals surface area contributed by atoms with Gasteiger partial charge in [0.25, 0.3) is 0 Å². The number of aromatic nitrogens is 3. The molecule has 1 heterocycles. The molecule has 0 radical (unpaired) electrons. The molecule has 0 saturated carbocycles. The average molecular weight is 233 g/mol. The van der Waals surface area contributed by atoms with Gasteiger partial charge < -0.3 is 4.57 Å². The highest BCUT2D eigenvalue weighted by Gasteiger charge is 2.06. The molecule has 1 aromatic heterocycles. The van der Waals surface area contributed by atoms with Crippen LogP contribution in [0, 0.1) is 6.92 Å². The molecule has 0 fully saturated rings. The van der Waals surface area contributed by atoms with Crippen molar-refractivity contribution in [1.82, 2.24) is 14.8 Å². The fourth-order valence-electron chi connectivity index (χ4n) is 1.20. The Morgan fingerprint density at radius 1 is 1.25 bits per heavy atom. The predicted octanol–water partition coefficient (Wildman–Crippen LogP) is 2.09. The Kier molecular flexibility index (Phi) is 3.05. The van der Waals surface area contributed by atoms with Gasteiger partial charge in [-0.3, -0.25) is 4.79 Å². The van der Waals surface area contributed by atoms with Crippen molar-refractivity contribution < 1.29 is 4.79 Å². The van der Waals surface area contributed by atoms with Crippen LogP contribution in [-0.4, -0.2) is 21.1 Å². The largest absolute Gasteiger partial charge is 0.309 e. The van der Waals surface area contributed by atoms with Crippen LogP contribution in [-0.2, 0) is 7.05 Å². The lowest BCUT2D eigenvalue weighted by molar-refractivity contribution is 0.112. The molecule has 0 atom stereocenters. The first-order chi connectivity index (χ1) is 7.70. The summed E-state index contributed by atoms with van der Waals surface area (Å²) in [5, 5.41) is 8.89. The normalized spacial score (nSPS) is 10.4. The summed E-state index contributed by atoms with van der Waals surface area (Å²) < 4.78 is 1.93. The molecule has 1 aromatic carbocycles. The molecule has 0 aliphatic carbocycles. The van der Waals surface area contributed by atoms with Gasteiger partial charge in [0.2, 0.25) is 0 Å². The summed E-state index contributed by atoms with van der Waals surface area (Å²) >= 11 is 1.53. The molecule has 2 aromatic rings. The smallest absolute Gasteiger partial charge is 0.195 e. The Hall–Kier alpha value is -1.62. The summed E-state index contributed by atoms with van der Waals surface area (Å²) in [5.41, 5.74) is 0.679. The van der Waals surface area contributed by atoms with Crippen molar-refractivity contribution in [2.24, 2.45) is 7.05 Å². The minimum atomic E-state index is 0.679. The lowest BCUT2D eigenvalue weighted by atomic mass is 10.2. The zero-order chi connectivity index (χ0) is 11.5. The van der Waals surface area contributed by atoms with Gasteiger partial charge in [-0.25, -0.2) is 0 Å². The van der Waals surface area contributed by atoms with Crippen molar-refractivity contribution >= 4 is 18.0 Å². The number of nitrogens with zero attached hydrogens (tertiary/aromatic N) is 3. The van der Waals surface area contributed by atoms with Crippen LogP contribution in [0.1, 0.15) is 16.2 Å². The van der Waals surface area contributed by atoms with E-state index in [2.05, 4.69) is 10.2 Å². The molecule has 5 heteroatoms. The van der Waals surface area contributed by atoms with Gasteiger partial charge in [-0.2, -0.15) is 0 Å². The van der Waals surface area contributed by atoms with E-state index in [1.165, 1.54) is 11.8 Å². The van der Waals surface area contributed by atoms with Gasteiger partial charge >= 0.3 is 0 Å². The van der Waals surface area contributed by atoms with Gasteiger partial charge in [-0.1, -0.05) is 12.1 Å². The minimum Gasteiger partial charge on any atom is -0.309 e. The van der Waals surface area contributed by atoms with E-state index < -0.39 is 0 Å². The van der Waals surface area contributed by atoms with Gasteiger partial charge in [0.15, 0.2) is 5.16 Å². The number of benzene rings is 1. The van der Waals surface area contributed by atoms with E-state index in [0.717, 1.165) is 22.2 Å². The number of carbonyl (C=O) groups excluding carboxylic acids is 1. The molecule has 0 aliphatic rings. The monoisotopic (exact) mass is 233 g/mol. The highest BCUT2D eigenvalue weighted by Crippen LogP contribution is 2.25. The summed E-state index contributed by atoms with van der Waals surface area (Å²) in [6, 6.07) is 7.38. The van der Waals surface area contributed by atoms with E-state index in [-0.39, 0.29) is 0 Å². The molecule has 0 saturated heterocycles. The SMILES string of the molecule is Cc1nnc(Sc2ccc(C=O)cc2)n1C. The predicted molar refractivity (Wildman–Crippen MR) is 61.7 cm³/mol. The fourth-order valence-corrected chi connectivity index (χ4v) is 2.03. The van der Waals surface area contributed by atoms with Crippen molar-refractivity contribution in [3.05, 3.63) is 35.7 Å². The first-order valence-electron chi connectivity index (χ1n) is 4.80. The second-order valence-electron chi connectivity index (χ2n) is 3.38. The first kappa shape index (κ1) is 10.9. The molecule has 82 valence electrons. The van der Waals surface area contributed by atoms with Crippen LogP contribution in [0.2, 0.25) is 0 Å². The maximum Gasteiger partial charge on any atom is 0.195 e. The summed E-state index contributed by atoms with van der Waals surface area (Å²) in [5.74, 6) is 0.881. The fraction of sp³-hybridized carbons (Fsp3) is 0.182. The molecule has 0 aliphatic heterocycles. The Morgan fingerprint density at radius 3 is 2.44 bits per heavy atom. The van der Waals surface area contributed by atoms with Gasteiger partial charge in [0.05, 0.1) is 0 Å². The summed E-state index contributed by atoms with van der Waals surface area (Å²) in [7, 11) is 1.93. The van der Waals surface area contributed by atoms with Crippen LogP contribution in [0.5, 0.6) is 0 Å². The molecule has 4 nitrogen and oxygen atoms in total. The van der Waals surface area contributed by atoms with Crippen LogP contribution in [0.25, 0.3) is 0 Å². The quantitative estimate of drug-likeness (QED) is 0.762. The molecule has 0 unspecified atom stereocenters. The van der Waals surface area contributed by atoms with E-state index >= 15 is 0 Å². The van der Waals surface area contributed by atoms with Crippen molar-refractivity contribution in [3.63, 3.8) is 0 Å². The highest BCUT2D eigenvalue weighted by atomic mass is 32.2. The van der Waals surface area contributed by atoms with E-state index in [1.807, 2.05) is 30.7 Å². The summed E-state index contributed by atoms with van der Waals surface area (Å²) in [6.45, 7) is 1.91. The lowest BCUT2D eigenvalue weighted by Crippen LogP contribution is -1.93. The van der Waals surface area contributed by atoms with Crippen molar-refractivity contribution in [1.29, 1.82) is 0 Å². The number of rotatable bonds is 3. The number of hydrogen-bond acceptors (Lipinski definition) is 4. The van der Waals surface area contributed by atoms with Gasteiger partial charge in [-0.15, -0.1) is 10.2 Å². The maximum atomic E-state index is 10.5. The van der Waals surface area contributed by atoms with E-state index in [0.29, 0.717) is 5.56 Å². The Bertz CT molecular complexity index is 504. The van der Waals surface area contributed by atoms with Gasteiger partial charge in [0, 0.05) is 17.5 Å². The first-order valence-corrected chi connectivity index (χ1v) is 5.61. The third-order valence-corrected chi connectivity index (χ3v) is 3.32. The lowest BCUT2D eigenvalue weighted by Gasteiger charge is -2.01. The molecule has 0 amide bonds. The second-order valence-corrected chi connectivity index (χ2v) is 4.42. The maximum absolute atomic E-state index is 10.5. The summed E-state index contributed by atoms with van der Waals surface area (Å²) in [6.07, 6.45) is 0.834.